The summed E-state index contributed by atoms with van der Waals surface area (Å²) in [7, 11) is -3.13. The van der Waals surface area contributed by atoms with Gasteiger partial charge in [0.15, 0.2) is 15.7 Å². The van der Waals surface area contributed by atoms with Crippen molar-refractivity contribution in [3.8, 4) is 11.8 Å². The third kappa shape index (κ3) is 4.00. The van der Waals surface area contributed by atoms with Gasteiger partial charge in [-0.2, -0.15) is 5.26 Å². The molecule has 1 heterocycles. The van der Waals surface area contributed by atoms with Gasteiger partial charge < -0.3 is 5.32 Å². The van der Waals surface area contributed by atoms with Crippen LogP contribution in [0.2, 0.25) is 0 Å². The molecule has 8 nitrogen and oxygen atoms in total. The molecular formula is C16H16FN5O3S. The van der Waals surface area contributed by atoms with Gasteiger partial charge in [0.25, 0.3) is 0 Å². The number of nitrogens with one attached hydrogen (secondary N) is 2. The maximum absolute atomic E-state index is 13.7. The zero-order valence-electron chi connectivity index (χ0n) is 13.6. The van der Waals surface area contributed by atoms with E-state index in [1.54, 1.807) is 6.07 Å². The van der Waals surface area contributed by atoms with Gasteiger partial charge in [0.2, 0.25) is 0 Å². The number of carbonyl (C=O) groups is 1. The molecule has 0 radical (unpaired) electrons. The summed E-state index contributed by atoms with van der Waals surface area (Å²) >= 11 is 0. The van der Waals surface area contributed by atoms with E-state index in [-0.39, 0.29) is 34.6 Å². The van der Waals surface area contributed by atoms with Crippen LogP contribution in [0, 0.1) is 17.1 Å². The maximum atomic E-state index is 13.7. The lowest BCUT2D eigenvalue weighted by atomic mass is 10.2. The summed E-state index contributed by atoms with van der Waals surface area (Å²) < 4.78 is 38.4. The molecular weight excluding hydrogens is 361 g/mol. The van der Waals surface area contributed by atoms with Gasteiger partial charge >= 0.3 is 6.03 Å². The monoisotopic (exact) mass is 377 g/mol. The van der Waals surface area contributed by atoms with Crippen LogP contribution < -0.4 is 10.6 Å². The Kier molecular flexibility index (Phi) is 4.90. The molecule has 0 aliphatic heterocycles. The Morgan fingerprint density at radius 3 is 2.85 bits per heavy atom. The minimum absolute atomic E-state index is 0.00779. The van der Waals surface area contributed by atoms with E-state index in [0.29, 0.717) is 12.8 Å². The van der Waals surface area contributed by atoms with Crippen molar-refractivity contribution in [2.75, 3.05) is 17.6 Å². The summed E-state index contributed by atoms with van der Waals surface area (Å²) in [5.41, 5.74) is 0.0911. The number of carbonyl (C=O) groups excluding carboxylic acids is 1. The van der Waals surface area contributed by atoms with E-state index < -0.39 is 21.7 Å². The molecule has 0 spiro atoms. The van der Waals surface area contributed by atoms with Crippen LogP contribution in [-0.2, 0) is 9.84 Å². The van der Waals surface area contributed by atoms with E-state index in [1.165, 1.54) is 35.1 Å². The quantitative estimate of drug-likeness (QED) is 0.793. The highest BCUT2D eigenvalue weighted by Gasteiger charge is 2.35. The number of anilines is 1. The largest absolute Gasteiger partial charge is 0.337 e. The van der Waals surface area contributed by atoms with Crippen molar-refractivity contribution >= 4 is 21.7 Å². The number of hydrogen-bond donors (Lipinski definition) is 2. The lowest BCUT2D eigenvalue weighted by molar-refractivity contribution is 0.252. The summed E-state index contributed by atoms with van der Waals surface area (Å²) in [5, 5.41) is 17.8. The van der Waals surface area contributed by atoms with Crippen LogP contribution in [-0.4, -0.2) is 41.8 Å². The van der Waals surface area contributed by atoms with E-state index in [0.717, 1.165) is 0 Å². The first-order valence-corrected chi connectivity index (χ1v) is 9.63. The van der Waals surface area contributed by atoms with Gasteiger partial charge in [-0.3, -0.25) is 5.32 Å². The van der Waals surface area contributed by atoms with Crippen molar-refractivity contribution in [2.24, 2.45) is 0 Å². The molecule has 26 heavy (non-hydrogen) atoms. The van der Waals surface area contributed by atoms with E-state index in [1.807, 2.05) is 0 Å². The summed E-state index contributed by atoms with van der Waals surface area (Å²) in [6.07, 6.45) is 2.86. The van der Waals surface area contributed by atoms with Gasteiger partial charge in [-0.15, -0.1) is 5.10 Å². The summed E-state index contributed by atoms with van der Waals surface area (Å²) in [6.45, 7) is 0.00779. The summed E-state index contributed by atoms with van der Waals surface area (Å²) in [6, 6.07) is 6.81. The Morgan fingerprint density at radius 1 is 1.38 bits per heavy atom. The second-order valence-electron chi connectivity index (χ2n) is 5.84. The standard InChI is InChI=1S/C16H16FN5O3S/c17-13-2-1-3-14(12(13)10-18)22-8-6-15(21-22)20-16(23)19-7-9-26(24,25)11-4-5-11/h1-3,6,8,11H,4-5,7,9H2,(H2,19,20,21,23). The van der Waals surface area contributed by atoms with Crippen molar-refractivity contribution in [1.29, 1.82) is 5.26 Å². The lowest BCUT2D eigenvalue weighted by Gasteiger charge is -2.07. The number of nitrogens with zero attached hydrogens (tertiary/aromatic N) is 3. The SMILES string of the molecule is N#Cc1c(F)cccc1-n1ccc(NC(=O)NCCS(=O)(=O)C2CC2)n1. The number of amides is 2. The Morgan fingerprint density at radius 2 is 2.15 bits per heavy atom. The number of urea groups is 1. The topological polar surface area (TPSA) is 117 Å². The van der Waals surface area contributed by atoms with Gasteiger partial charge in [0.1, 0.15) is 17.4 Å². The van der Waals surface area contributed by atoms with Gasteiger partial charge in [-0.05, 0) is 25.0 Å². The molecule has 2 amide bonds. The number of aromatic nitrogens is 2. The number of benzene rings is 1. The Hall–Kier alpha value is -2.93. The van der Waals surface area contributed by atoms with Crippen molar-refractivity contribution in [1.82, 2.24) is 15.1 Å². The van der Waals surface area contributed by atoms with Crippen LogP contribution in [0.1, 0.15) is 18.4 Å². The molecule has 10 heteroatoms. The van der Waals surface area contributed by atoms with Crippen molar-refractivity contribution in [3.63, 3.8) is 0 Å². The van der Waals surface area contributed by atoms with Crippen LogP contribution in [0.3, 0.4) is 0 Å². The average molecular weight is 377 g/mol. The third-order valence-electron chi connectivity index (χ3n) is 3.89. The van der Waals surface area contributed by atoms with Crippen LogP contribution in [0.5, 0.6) is 0 Å². The molecule has 2 aromatic rings. The fourth-order valence-electron chi connectivity index (χ4n) is 2.40. The van der Waals surface area contributed by atoms with Crippen LogP contribution >= 0.6 is 0 Å². The molecule has 1 aromatic heterocycles. The normalized spacial score (nSPS) is 13.8. The Balaban J connectivity index is 1.59. The van der Waals surface area contributed by atoms with Crippen LogP contribution in [0.25, 0.3) is 5.69 Å². The third-order valence-corrected chi connectivity index (χ3v) is 6.15. The van der Waals surface area contributed by atoms with E-state index in [4.69, 9.17) is 5.26 Å². The molecule has 3 rings (SSSR count). The maximum Gasteiger partial charge on any atom is 0.320 e. The fourth-order valence-corrected chi connectivity index (χ4v) is 3.97. The fraction of sp³-hybridized carbons (Fsp3) is 0.312. The first-order valence-electron chi connectivity index (χ1n) is 7.92. The number of nitriles is 1. The molecule has 1 fully saturated rings. The van der Waals surface area contributed by atoms with Crippen molar-refractivity contribution in [2.45, 2.75) is 18.1 Å². The van der Waals surface area contributed by atoms with Crippen LogP contribution in [0.4, 0.5) is 15.0 Å². The zero-order valence-corrected chi connectivity index (χ0v) is 14.5. The van der Waals surface area contributed by atoms with E-state index in [2.05, 4.69) is 15.7 Å². The molecule has 0 bridgehead atoms. The van der Waals surface area contributed by atoms with Gasteiger partial charge in [-0.1, -0.05) is 6.07 Å². The van der Waals surface area contributed by atoms with Gasteiger partial charge in [0.05, 0.1) is 16.7 Å². The Bertz CT molecular complexity index is 976. The predicted octanol–water partition coefficient (Wildman–Crippen LogP) is 1.58. The minimum atomic E-state index is -3.13. The molecule has 136 valence electrons. The van der Waals surface area contributed by atoms with E-state index in [9.17, 15) is 17.6 Å². The minimum Gasteiger partial charge on any atom is -0.337 e. The number of halogens is 1. The highest BCUT2D eigenvalue weighted by atomic mass is 32.2. The number of hydrogen-bond acceptors (Lipinski definition) is 5. The first-order chi connectivity index (χ1) is 12.4. The highest BCUT2D eigenvalue weighted by Crippen LogP contribution is 2.28. The van der Waals surface area contributed by atoms with Crippen LogP contribution in [0.15, 0.2) is 30.5 Å². The molecule has 0 unspecified atom stereocenters. The molecule has 1 aliphatic carbocycles. The second kappa shape index (κ2) is 7.13. The van der Waals surface area contributed by atoms with Crippen molar-refractivity contribution < 1.29 is 17.6 Å². The molecule has 1 saturated carbocycles. The summed E-state index contributed by atoms with van der Waals surface area (Å²) in [5.74, 6) is -0.584. The zero-order chi connectivity index (χ0) is 18.7. The molecule has 1 aliphatic rings. The van der Waals surface area contributed by atoms with E-state index >= 15 is 0 Å². The van der Waals surface area contributed by atoms with Crippen molar-refractivity contribution in [3.05, 3.63) is 41.8 Å². The first kappa shape index (κ1) is 17.9. The Labute approximate surface area is 149 Å². The second-order valence-corrected chi connectivity index (χ2v) is 8.24. The molecule has 0 atom stereocenters. The predicted molar refractivity (Wildman–Crippen MR) is 92.1 cm³/mol. The molecule has 2 N–H and O–H groups in total. The lowest BCUT2D eigenvalue weighted by Crippen LogP contribution is -2.33. The highest BCUT2D eigenvalue weighted by molar-refractivity contribution is 7.92. The van der Waals surface area contributed by atoms with Gasteiger partial charge in [-0.25, -0.2) is 22.3 Å². The smallest absolute Gasteiger partial charge is 0.320 e. The number of sulfone groups is 1. The van der Waals surface area contributed by atoms with Gasteiger partial charge in [0, 0.05) is 18.8 Å². The summed E-state index contributed by atoms with van der Waals surface area (Å²) in [4.78, 5) is 11.8. The average Bonchev–Trinajstić information content (AvgIpc) is 3.36. The number of rotatable bonds is 6. The molecule has 0 saturated heterocycles. The molecule has 1 aromatic carbocycles.